The van der Waals surface area contributed by atoms with Crippen LogP contribution in [-0.2, 0) is 6.42 Å². The molecule has 0 saturated heterocycles. The fraction of sp³-hybridized carbons (Fsp3) is 0.684. The van der Waals surface area contributed by atoms with Gasteiger partial charge < -0.3 is 5.32 Å². The van der Waals surface area contributed by atoms with Gasteiger partial charge in [-0.2, -0.15) is 0 Å². The molecule has 1 heteroatoms. The summed E-state index contributed by atoms with van der Waals surface area (Å²) in [6.07, 6.45) is 6.78. The molecule has 3 unspecified atom stereocenters. The monoisotopic (exact) mass is 273 g/mol. The van der Waals surface area contributed by atoms with Crippen LogP contribution < -0.4 is 5.32 Å². The van der Waals surface area contributed by atoms with Crippen LogP contribution in [0.1, 0.15) is 56.2 Å². The average molecular weight is 273 g/mol. The van der Waals surface area contributed by atoms with Crippen LogP contribution in [0.2, 0.25) is 0 Å². The van der Waals surface area contributed by atoms with E-state index in [1.807, 2.05) is 0 Å². The molecule has 1 saturated carbocycles. The Balaban J connectivity index is 2.11. The second kappa shape index (κ2) is 7.26. The predicted molar refractivity (Wildman–Crippen MR) is 88.2 cm³/mol. The largest absolute Gasteiger partial charge is 0.314 e. The number of hydrogen-bond acceptors (Lipinski definition) is 1. The van der Waals surface area contributed by atoms with E-state index in [2.05, 4.69) is 51.2 Å². The first-order valence-corrected chi connectivity index (χ1v) is 8.43. The van der Waals surface area contributed by atoms with Crippen LogP contribution in [0.5, 0.6) is 0 Å². The Morgan fingerprint density at radius 3 is 2.65 bits per heavy atom. The molecule has 1 N–H and O–H groups in total. The van der Waals surface area contributed by atoms with Gasteiger partial charge in [0.25, 0.3) is 0 Å². The van der Waals surface area contributed by atoms with E-state index in [1.165, 1.54) is 43.2 Å². The van der Waals surface area contributed by atoms with Gasteiger partial charge in [-0.3, -0.25) is 0 Å². The van der Waals surface area contributed by atoms with Crippen molar-refractivity contribution in [1.82, 2.24) is 5.32 Å². The zero-order valence-corrected chi connectivity index (χ0v) is 13.7. The van der Waals surface area contributed by atoms with Crippen LogP contribution >= 0.6 is 0 Å². The van der Waals surface area contributed by atoms with Gasteiger partial charge in [0.05, 0.1) is 0 Å². The molecule has 1 aliphatic carbocycles. The topological polar surface area (TPSA) is 12.0 Å². The lowest BCUT2D eigenvalue weighted by molar-refractivity contribution is 0.200. The van der Waals surface area contributed by atoms with Gasteiger partial charge in [-0.25, -0.2) is 0 Å². The van der Waals surface area contributed by atoms with Crippen molar-refractivity contribution in [2.75, 3.05) is 6.54 Å². The fourth-order valence-electron chi connectivity index (χ4n) is 3.79. The molecular weight excluding hydrogens is 242 g/mol. The van der Waals surface area contributed by atoms with Crippen molar-refractivity contribution in [3.05, 3.63) is 34.9 Å². The van der Waals surface area contributed by atoms with Crippen LogP contribution in [0, 0.1) is 25.7 Å². The van der Waals surface area contributed by atoms with Crippen LogP contribution in [0.15, 0.2) is 18.2 Å². The first-order valence-electron chi connectivity index (χ1n) is 8.43. The van der Waals surface area contributed by atoms with E-state index >= 15 is 0 Å². The van der Waals surface area contributed by atoms with E-state index in [1.54, 1.807) is 5.56 Å². The van der Waals surface area contributed by atoms with Crippen molar-refractivity contribution < 1.29 is 0 Å². The highest BCUT2D eigenvalue weighted by Crippen LogP contribution is 2.34. The summed E-state index contributed by atoms with van der Waals surface area (Å²) in [5.41, 5.74) is 4.42. The summed E-state index contributed by atoms with van der Waals surface area (Å²) in [7, 11) is 0. The zero-order valence-electron chi connectivity index (χ0n) is 13.7. The van der Waals surface area contributed by atoms with Crippen molar-refractivity contribution in [3.8, 4) is 0 Å². The summed E-state index contributed by atoms with van der Waals surface area (Å²) in [6, 6.07) is 7.64. The molecule has 0 amide bonds. The summed E-state index contributed by atoms with van der Waals surface area (Å²) < 4.78 is 0. The van der Waals surface area contributed by atoms with Gasteiger partial charge in [-0.1, -0.05) is 44.0 Å². The summed E-state index contributed by atoms with van der Waals surface area (Å²) in [6.45, 7) is 10.2. The van der Waals surface area contributed by atoms with Gasteiger partial charge in [0.15, 0.2) is 0 Å². The Morgan fingerprint density at radius 2 is 1.95 bits per heavy atom. The first-order chi connectivity index (χ1) is 9.63. The van der Waals surface area contributed by atoms with Crippen LogP contribution in [0.3, 0.4) is 0 Å². The molecule has 2 rings (SSSR count). The van der Waals surface area contributed by atoms with E-state index < -0.39 is 0 Å². The minimum absolute atomic E-state index is 0.725. The molecule has 20 heavy (non-hydrogen) atoms. The third-order valence-corrected chi connectivity index (χ3v) is 5.12. The van der Waals surface area contributed by atoms with Crippen molar-refractivity contribution in [1.29, 1.82) is 0 Å². The Bertz CT molecular complexity index is 424. The van der Waals surface area contributed by atoms with Gasteiger partial charge >= 0.3 is 0 Å². The smallest absolute Gasteiger partial charge is 0.00985 e. The van der Waals surface area contributed by atoms with E-state index in [0.29, 0.717) is 0 Å². The molecule has 0 bridgehead atoms. The van der Waals surface area contributed by atoms with E-state index in [4.69, 9.17) is 0 Å². The maximum absolute atomic E-state index is 3.73. The molecule has 0 radical (unpaired) electrons. The second-order valence-corrected chi connectivity index (χ2v) is 6.65. The van der Waals surface area contributed by atoms with Crippen LogP contribution in [0.25, 0.3) is 0 Å². The standard InChI is InChI=1S/C19H31N/c1-5-16-9-10-19(20-6-2)18(12-16)13-17-11-14(3)7-8-15(17)4/h7-8,11,16,18-20H,5-6,9-10,12-13H2,1-4H3. The minimum Gasteiger partial charge on any atom is -0.314 e. The summed E-state index contributed by atoms with van der Waals surface area (Å²) in [5, 5.41) is 3.73. The Labute approximate surface area is 125 Å². The Hall–Kier alpha value is -0.820. The molecule has 1 nitrogen and oxygen atoms in total. The third kappa shape index (κ3) is 3.85. The van der Waals surface area contributed by atoms with Gasteiger partial charge in [0.1, 0.15) is 0 Å². The number of benzene rings is 1. The SMILES string of the molecule is CCNC1CCC(CC)CC1Cc1cc(C)ccc1C. The fourth-order valence-corrected chi connectivity index (χ4v) is 3.79. The first kappa shape index (κ1) is 15.6. The van der Waals surface area contributed by atoms with Crippen LogP contribution in [0.4, 0.5) is 0 Å². The molecular formula is C19H31N. The number of aryl methyl sites for hydroxylation is 2. The molecule has 0 heterocycles. The van der Waals surface area contributed by atoms with E-state index in [-0.39, 0.29) is 0 Å². The molecule has 1 aromatic rings. The minimum atomic E-state index is 0.725. The van der Waals surface area contributed by atoms with Gasteiger partial charge in [-0.05, 0) is 69.0 Å². The second-order valence-electron chi connectivity index (χ2n) is 6.65. The lowest BCUT2D eigenvalue weighted by Gasteiger charge is -2.37. The van der Waals surface area contributed by atoms with Gasteiger partial charge in [0, 0.05) is 6.04 Å². The van der Waals surface area contributed by atoms with Crippen molar-refractivity contribution in [2.24, 2.45) is 11.8 Å². The molecule has 1 aromatic carbocycles. The molecule has 0 spiro atoms. The number of nitrogens with one attached hydrogen (secondary N) is 1. The third-order valence-electron chi connectivity index (χ3n) is 5.12. The molecule has 1 fully saturated rings. The Kier molecular flexibility index (Phi) is 5.65. The summed E-state index contributed by atoms with van der Waals surface area (Å²) in [5.74, 6) is 1.76. The maximum Gasteiger partial charge on any atom is 0.00985 e. The highest BCUT2D eigenvalue weighted by atomic mass is 14.9. The van der Waals surface area contributed by atoms with E-state index in [0.717, 1.165) is 24.4 Å². The van der Waals surface area contributed by atoms with Crippen molar-refractivity contribution in [2.45, 2.75) is 65.8 Å². The number of rotatable bonds is 5. The summed E-state index contributed by atoms with van der Waals surface area (Å²) in [4.78, 5) is 0. The highest BCUT2D eigenvalue weighted by molar-refractivity contribution is 5.31. The van der Waals surface area contributed by atoms with E-state index in [9.17, 15) is 0 Å². The van der Waals surface area contributed by atoms with Crippen LogP contribution in [-0.4, -0.2) is 12.6 Å². The molecule has 1 aliphatic rings. The zero-order chi connectivity index (χ0) is 14.5. The quantitative estimate of drug-likeness (QED) is 0.823. The molecule has 112 valence electrons. The lowest BCUT2D eigenvalue weighted by Crippen LogP contribution is -2.41. The van der Waals surface area contributed by atoms with Gasteiger partial charge in [0.2, 0.25) is 0 Å². The summed E-state index contributed by atoms with van der Waals surface area (Å²) >= 11 is 0. The van der Waals surface area contributed by atoms with Crippen molar-refractivity contribution in [3.63, 3.8) is 0 Å². The molecule has 0 aromatic heterocycles. The van der Waals surface area contributed by atoms with Gasteiger partial charge in [-0.15, -0.1) is 0 Å². The average Bonchev–Trinajstić information content (AvgIpc) is 2.45. The normalized spacial score (nSPS) is 26.7. The van der Waals surface area contributed by atoms with Crippen molar-refractivity contribution >= 4 is 0 Å². The predicted octanol–water partition coefficient (Wildman–Crippen LogP) is 4.65. The number of hydrogen-bond donors (Lipinski definition) is 1. The molecule has 0 aliphatic heterocycles. The lowest BCUT2D eigenvalue weighted by atomic mass is 9.74. The highest BCUT2D eigenvalue weighted by Gasteiger charge is 2.29. The molecule has 3 atom stereocenters. The Morgan fingerprint density at radius 1 is 1.15 bits per heavy atom. The maximum atomic E-state index is 3.73.